The van der Waals surface area contributed by atoms with Gasteiger partial charge in [0.2, 0.25) is 0 Å². The monoisotopic (exact) mass is 284 g/mol. The van der Waals surface area contributed by atoms with E-state index in [1.54, 1.807) is 5.09 Å². The van der Waals surface area contributed by atoms with Crippen molar-refractivity contribution < 1.29 is 21.0 Å². The Labute approximate surface area is 82.6 Å². The molecule has 0 spiro atoms. The average Bonchev–Trinajstić information content (AvgIpc) is 1.93. The fourth-order valence-corrected chi connectivity index (χ4v) is 6.19. The summed E-state index contributed by atoms with van der Waals surface area (Å²) in [6, 6.07) is 0. The van der Waals surface area contributed by atoms with Gasteiger partial charge in [-0.2, -0.15) is 4.20 Å². The van der Waals surface area contributed by atoms with Crippen LogP contribution in [0.3, 0.4) is 0 Å². The van der Waals surface area contributed by atoms with Crippen LogP contribution in [0.15, 0.2) is 13.5 Å². The van der Waals surface area contributed by atoms with Crippen LogP contribution in [-0.2, 0) is 0 Å². The molecule has 1 aliphatic rings. The number of nitrogens with one attached hydrogen (secondary N) is 1. The Bertz CT molecular complexity index is 457. The molecule has 0 amide bonds. The van der Waals surface area contributed by atoms with Gasteiger partial charge in [0.05, 0.1) is 6.54 Å². The lowest BCUT2D eigenvalue weighted by atomic mass is 10.7. The molecule has 0 aromatic carbocycles. The predicted molar refractivity (Wildman–Crippen MR) is 50.4 cm³/mol. The Morgan fingerprint density at radius 1 is 1.00 bits per heavy atom. The van der Waals surface area contributed by atoms with Gasteiger partial charge in [0.15, 0.2) is 0 Å². The molecule has 0 aliphatic carbocycles. The quantitative estimate of drug-likeness (QED) is 0.437. The highest BCUT2D eigenvalue weighted by Crippen LogP contribution is 2.80. The van der Waals surface area contributed by atoms with Crippen LogP contribution in [0, 0.1) is 12.3 Å². The van der Waals surface area contributed by atoms with E-state index in [4.69, 9.17) is 6.42 Å². The maximum absolute atomic E-state index is 13.4. The minimum Gasteiger partial charge on any atom is -0.228 e. The normalized spacial score (nSPS) is 31.7. The molecule has 1 rings (SSSR count). The summed E-state index contributed by atoms with van der Waals surface area (Å²) in [6.07, 6.45) is 4.71. The van der Waals surface area contributed by atoms with Gasteiger partial charge in [-0.3, -0.25) is 0 Å². The highest BCUT2D eigenvalue weighted by molar-refractivity contribution is 7.78. The van der Waals surface area contributed by atoms with E-state index in [2.05, 4.69) is 9.03 Å². The lowest BCUT2D eigenvalue weighted by Crippen LogP contribution is -2.06. The molecule has 0 saturated heterocycles. The van der Waals surface area contributed by atoms with E-state index in [9.17, 15) is 21.0 Å². The van der Waals surface area contributed by atoms with Crippen molar-refractivity contribution in [2.45, 2.75) is 0 Å². The summed E-state index contributed by atoms with van der Waals surface area (Å²) in [7, 11) is -16.0. The van der Waals surface area contributed by atoms with E-state index in [1.807, 2.05) is 10.4 Å². The molecule has 86 valence electrons. The predicted octanol–water partition coefficient (Wildman–Crippen LogP) is 4.91. The minimum atomic E-state index is -5.62. The van der Waals surface area contributed by atoms with E-state index in [0.29, 0.717) is 0 Å². The van der Waals surface area contributed by atoms with E-state index in [-0.39, 0.29) is 0 Å². The second-order valence-electron chi connectivity index (χ2n) is 2.24. The summed E-state index contributed by atoms with van der Waals surface area (Å²) in [5, 5.41) is 1.67. The number of hydrogen-bond donors (Lipinski definition) is 1. The van der Waals surface area contributed by atoms with Crippen molar-refractivity contribution in [1.29, 1.82) is 0 Å². The van der Waals surface area contributed by atoms with Crippen LogP contribution in [0.25, 0.3) is 0 Å². The summed E-state index contributed by atoms with van der Waals surface area (Å²) < 4.78 is 70.2. The van der Waals surface area contributed by atoms with Gasteiger partial charge in [0, 0.05) is 0 Å². The average molecular weight is 284 g/mol. The Balaban J connectivity index is 3.25. The van der Waals surface area contributed by atoms with Crippen molar-refractivity contribution in [3.63, 3.8) is 0 Å². The number of nitrogens with zero attached hydrogens (tertiary/aromatic N) is 3. The van der Waals surface area contributed by atoms with Crippen LogP contribution < -0.4 is 5.09 Å². The summed E-state index contributed by atoms with van der Waals surface area (Å²) >= 11 is 0. The molecule has 0 saturated carbocycles. The highest BCUT2D eigenvalue weighted by atomic mass is 31.3. The Morgan fingerprint density at radius 3 is 2.00 bits per heavy atom. The molecule has 1 N–H and O–H groups in total. The SMILES string of the molecule is C#CCNP1(F)=NP(F)(F)=NP(F)(F)=N1. The first-order valence-electron chi connectivity index (χ1n) is 3.26. The van der Waals surface area contributed by atoms with Crippen LogP contribution in [0.5, 0.6) is 0 Å². The third kappa shape index (κ3) is 3.73. The molecule has 15 heavy (non-hydrogen) atoms. The molecule has 12 heteroatoms. The molecule has 0 radical (unpaired) electrons. The topological polar surface area (TPSA) is 49.1 Å². The van der Waals surface area contributed by atoms with E-state index < -0.39 is 29.9 Å². The van der Waals surface area contributed by atoms with Crippen molar-refractivity contribution in [2.24, 2.45) is 13.5 Å². The molecule has 0 aromatic rings. The summed E-state index contributed by atoms with van der Waals surface area (Å²) in [5.74, 6) is 1.86. The number of hydrogen-bond acceptors (Lipinski definition) is 4. The van der Waals surface area contributed by atoms with Crippen molar-refractivity contribution >= 4 is 23.3 Å². The number of terminal acetylenes is 1. The van der Waals surface area contributed by atoms with Crippen molar-refractivity contribution in [3.05, 3.63) is 0 Å². The van der Waals surface area contributed by atoms with Gasteiger partial charge in [-0.05, 0) is 0 Å². The van der Waals surface area contributed by atoms with Crippen LogP contribution in [-0.4, -0.2) is 6.54 Å². The second kappa shape index (κ2) is 4.03. The molecule has 1 aliphatic heterocycles. The van der Waals surface area contributed by atoms with Crippen molar-refractivity contribution in [2.75, 3.05) is 6.54 Å². The molecule has 1 heterocycles. The van der Waals surface area contributed by atoms with Crippen molar-refractivity contribution in [3.8, 4) is 12.3 Å². The molecule has 0 bridgehead atoms. The zero-order valence-electron chi connectivity index (χ0n) is 6.86. The van der Waals surface area contributed by atoms with Gasteiger partial charge >= 0.3 is 23.3 Å². The zero-order valence-corrected chi connectivity index (χ0v) is 9.54. The Kier molecular flexibility index (Phi) is 3.47. The van der Waals surface area contributed by atoms with Crippen LogP contribution >= 0.6 is 23.3 Å². The summed E-state index contributed by atoms with van der Waals surface area (Å²) in [6.45, 7) is -0.503. The second-order valence-corrected chi connectivity index (χ2v) is 7.58. The van der Waals surface area contributed by atoms with Gasteiger partial charge in [0.25, 0.3) is 0 Å². The largest absolute Gasteiger partial charge is 0.424 e. The molecule has 4 nitrogen and oxygen atoms in total. The van der Waals surface area contributed by atoms with Gasteiger partial charge in [-0.25, -0.2) is 5.09 Å². The molecule has 1 atom stereocenters. The lowest BCUT2D eigenvalue weighted by Gasteiger charge is -2.16. The standard InChI is InChI=1S/C3H4F5N4P3/c1-2-3-9-15(8)11-13(4,5)10-14(6,7)12-15/h1,9H,3H2. The van der Waals surface area contributed by atoms with Crippen LogP contribution in [0.4, 0.5) is 21.0 Å². The van der Waals surface area contributed by atoms with Gasteiger partial charge in [0.1, 0.15) is 0 Å². The third-order valence-corrected chi connectivity index (χ3v) is 6.95. The fraction of sp³-hybridized carbons (Fsp3) is 0.333. The van der Waals surface area contributed by atoms with E-state index >= 15 is 0 Å². The van der Waals surface area contributed by atoms with Crippen LogP contribution in [0.1, 0.15) is 0 Å². The van der Waals surface area contributed by atoms with Gasteiger partial charge in [-0.15, -0.1) is 36.8 Å². The van der Waals surface area contributed by atoms with E-state index in [0.717, 1.165) is 0 Å². The molecular weight excluding hydrogens is 280 g/mol. The summed E-state index contributed by atoms with van der Waals surface area (Å²) in [5.41, 5.74) is 0. The third-order valence-electron chi connectivity index (χ3n) is 1.05. The first kappa shape index (κ1) is 12.9. The fourth-order valence-electron chi connectivity index (χ4n) is 0.678. The molecular formula is C3H4F5N4P3. The smallest absolute Gasteiger partial charge is 0.228 e. The molecule has 0 fully saturated rings. The Hall–Kier alpha value is -0.140. The first-order chi connectivity index (χ1) is 6.68. The van der Waals surface area contributed by atoms with Gasteiger partial charge < -0.3 is 0 Å². The van der Waals surface area contributed by atoms with Gasteiger partial charge in [-0.1, -0.05) is 5.92 Å². The van der Waals surface area contributed by atoms with Crippen molar-refractivity contribution in [1.82, 2.24) is 5.09 Å². The molecule has 0 aromatic heterocycles. The van der Waals surface area contributed by atoms with Crippen LogP contribution in [0.2, 0.25) is 0 Å². The molecule has 1 unspecified atom stereocenters. The highest BCUT2D eigenvalue weighted by Gasteiger charge is 2.38. The summed E-state index contributed by atoms with van der Waals surface area (Å²) in [4.78, 5) is 0. The maximum Gasteiger partial charge on any atom is 0.424 e. The number of rotatable bonds is 2. The number of halogens is 5. The van der Waals surface area contributed by atoms with E-state index in [1.165, 1.54) is 0 Å². The zero-order chi connectivity index (χ0) is 11.7. The lowest BCUT2D eigenvalue weighted by molar-refractivity contribution is 0.694. The first-order valence-corrected chi connectivity index (χ1v) is 7.80. The maximum atomic E-state index is 13.4. The minimum absolute atomic E-state index is 0.503. The Morgan fingerprint density at radius 2 is 1.53 bits per heavy atom.